The van der Waals surface area contributed by atoms with Gasteiger partial charge in [-0.15, -0.1) is 0 Å². The van der Waals surface area contributed by atoms with E-state index in [0.717, 1.165) is 0 Å². The molecule has 0 spiro atoms. The number of rotatable bonds is 2. The van der Waals surface area contributed by atoms with Gasteiger partial charge in [0.05, 0.1) is 21.7 Å². The summed E-state index contributed by atoms with van der Waals surface area (Å²) in [6.07, 6.45) is 0. The number of carbonyl (C=O) groups excluding carboxylic acids is 1. The first-order valence-electron chi connectivity index (χ1n) is 4.70. The topological polar surface area (TPSA) is 70.1 Å². The van der Waals surface area contributed by atoms with Crippen molar-refractivity contribution in [3.8, 4) is 0 Å². The monoisotopic (exact) mass is 349 g/mol. The Kier molecular flexibility index (Phi) is 3.18. The maximum Gasteiger partial charge on any atom is 0.325 e. The number of nitrogens with zero attached hydrogens (tertiary/aromatic N) is 2. The number of aromatic nitrogens is 2. The fourth-order valence-electron chi connectivity index (χ4n) is 1.50. The van der Waals surface area contributed by atoms with Crippen LogP contribution in [-0.2, 0) is 16.1 Å². The number of fused-ring (bicyclic) bond motifs is 1. The van der Waals surface area contributed by atoms with E-state index in [4.69, 9.17) is 5.73 Å². The molecule has 2 aromatic rings. The van der Waals surface area contributed by atoms with E-state index in [9.17, 15) is 9.18 Å². The number of nitrogen functional groups attached to an aromatic ring is 1. The highest BCUT2D eigenvalue weighted by atomic mass is 127. The van der Waals surface area contributed by atoms with Gasteiger partial charge in [-0.05, 0) is 28.7 Å². The van der Waals surface area contributed by atoms with Crippen LogP contribution < -0.4 is 5.73 Å². The molecule has 7 heteroatoms. The number of methoxy groups -OCH3 is 1. The number of nitrogens with two attached hydrogens (primary N) is 1. The van der Waals surface area contributed by atoms with Crippen LogP contribution in [0.5, 0.6) is 0 Å². The number of hydrogen-bond acceptors (Lipinski definition) is 4. The first-order valence-corrected chi connectivity index (χ1v) is 5.78. The number of imidazole rings is 1. The van der Waals surface area contributed by atoms with Crippen molar-refractivity contribution in [1.29, 1.82) is 0 Å². The summed E-state index contributed by atoms with van der Waals surface area (Å²) in [6.45, 7) is -0.0845. The third kappa shape index (κ3) is 2.19. The van der Waals surface area contributed by atoms with E-state index >= 15 is 0 Å². The molecule has 0 aliphatic carbocycles. The zero-order chi connectivity index (χ0) is 12.6. The molecule has 0 aliphatic rings. The predicted molar refractivity (Wildman–Crippen MR) is 68.8 cm³/mol. The molecule has 17 heavy (non-hydrogen) atoms. The molecule has 2 rings (SSSR count). The number of anilines is 1. The van der Waals surface area contributed by atoms with Crippen LogP contribution in [0.2, 0.25) is 0 Å². The molecule has 0 atom stereocenters. The summed E-state index contributed by atoms with van der Waals surface area (Å²) in [5, 5.41) is 0. The lowest BCUT2D eigenvalue weighted by atomic mass is 10.3. The number of benzene rings is 1. The minimum Gasteiger partial charge on any atom is -0.468 e. The van der Waals surface area contributed by atoms with E-state index in [1.807, 2.05) is 22.6 Å². The highest BCUT2D eigenvalue weighted by Gasteiger charge is 2.14. The van der Waals surface area contributed by atoms with Gasteiger partial charge in [0.25, 0.3) is 0 Å². The highest BCUT2D eigenvalue weighted by molar-refractivity contribution is 14.1. The molecular formula is C10H9FIN3O2. The number of carbonyl (C=O) groups is 1. The van der Waals surface area contributed by atoms with Gasteiger partial charge in [-0.3, -0.25) is 9.36 Å². The van der Waals surface area contributed by atoms with Crippen molar-refractivity contribution in [2.45, 2.75) is 6.54 Å². The second-order valence-corrected chi connectivity index (χ2v) is 4.55. The Bertz CT molecular complexity index is 597. The first kappa shape index (κ1) is 12.1. The minimum atomic E-state index is -0.463. The fraction of sp³-hybridized carbons (Fsp3) is 0.200. The summed E-state index contributed by atoms with van der Waals surface area (Å²) in [5.41, 5.74) is 6.71. The summed E-state index contributed by atoms with van der Waals surface area (Å²) >= 11 is 1.87. The summed E-state index contributed by atoms with van der Waals surface area (Å²) < 4.78 is 19.9. The zero-order valence-electron chi connectivity index (χ0n) is 8.91. The second-order valence-electron chi connectivity index (χ2n) is 3.39. The SMILES string of the molecule is COC(=O)Cn1c(N)nc2cc(I)c(F)cc21. The van der Waals surface area contributed by atoms with Crippen molar-refractivity contribution in [2.75, 3.05) is 12.8 Å². The lowest BCUT2D eigenvalue weighted by Crippen LogP contribution is -2.13. The molecule has 2 N–H and O–H groups in total. The van der Waals surface area contributed by atoms with E-state index in [1.165, 1.54) is 17.7 Å². The van der Waals surface area contributed by atoms with Gasteiger partial charge in [-0.2, -0.15) is 0 Å². The van der Waals surface area contributed by atoms with E-state index in [2.05, 4.69) is 9.72 Å². The van der Waals surface area contributed by atoms with Crippen LogP contribution in [-0.4, -0.2) is 22.6 Å². The van der Waals surface area contributed by atoms with Crippen molar-refractivity contribution in [1.82, 2.24) is 9.55 Å². The highest BCUT2D eigenvalue weighted by Crippen LogP contribution is 2.22. The summed E-state index contributed by atoms with van der Waals surface area (Å²) in [5.74, 6) is -0.675. The molecule has 0 aliphatic heterocycles. The minimum absolute atomic E-state index is 0.0845. The second kappa shape index (κ2) is 4.47. The Balaban J connectivity index is 2.58. The fourth-order valence-corrected chi connectivity index (χ4v) is 1.95. The molecule has 1 aromatic heterocycles. The van der Waals surface area contributed by atoms with Crippen LogP contribution >= 0.6 is 22.6 Å². The Hall–Kier alpha value is -1.38. The molecule has 0 radical (unpaired) electrons. The van der Waals surface area contributed by atoms with Crippen LogP contribution in [0.1, 0.15) is 0 Å². The number of halogens is 2. The zero-order valence-corrected chi connectivity index (χ0v) is 11.1. The van der Waals surface area contributed by atoms with Crippen LogP contribution in [0.25, 0.3) is 11.0 Å². The Morgan fingerprint density at radius 3 is 3.00 bits per heavy atom. The maximum absolute atomic E-state index is 13.5. The molecule has 0 amide bonds. The molecular weight excluding hydrogens is 340 g/mol. The van der Waals surface area contributed by atoms with Crippen LogP contribution in [0.3, 0.4) is 0 Å². The number of ether oxygens (including phenoxy) is 1. The van der Waals surface area contributed by atoms with Crippen LogP contribution in [0, 0.1) is 9.39 Å². The van der Waals surface area contributed by atoms with Gasteiger partial charge >= 0.3 is 5.97 Å². The third-order valence-corrected chi connectivity index (χ3v) is 3.16. The van der Waals surface area contributed by atoms with Gasteiger partial charge in [-0.25, -0.2) is 9.37 Å². The first-order chi connectivity index (χ1) is 8.02. The standard InChI is InChI=1S/C10H9FIN3O2/c1-17-9(16)4-15-8-2-5(11)6(12)3-7(8)14-10(15)13/h2-3H,4H2,1H3,(H2,13,14). The Morgan fingerprint density at radius 2 is 2.35 bits per heavy atom. The van der Waals surface area contributed by atoms with E-state index in [-0.39, 0.29) is 18.3 Å². The summed E-state index contributed by atoms with van der Waals surface area (Å²) in [4.78, 5) is 15.3. The van der Waals surface area contributed by atoms with Crippen molar-refractivity contribution in [2.24, 2.45) is 0 Å². The molecule has 0 unspecified atom stereocenters. The molecule has 0 saturated heterocycles. The number of hydrogen-bond donors (Lipinski definition) is 1. The lowest BCUT2D eigenvalue weighted by Gasteiger charge is -2.04. The van der Waals surface area contributed by atoms with Gasteiger partial charge in [0.2, 0.25) is 5.95 Å². The van der Waals surface area contributed by atoms with E-state index in [1.54, 1.807) is 6.07 Å². The van der Waals surface area contributed by atoms with Crippen molar-refractivity contribution >= 4 is 45.5 Å². The Labute approximate surface area is 110 Å². The van der Waals surface area contributed by atoms with Gasteiger partial charge in [-0.1, -0.05) is 0 Å². The normalized spacial score (nSPS) is 10.8. The lowest BCUT2D eigenvalue weighted by molar-refractivity contribution is -0.141. The van der Waals surface area contributed by atoms with Crippen molar-refractivity contribution in [3.63, 3.8) is 0 Å². The summed E-state index contributed by atoms with van der Waals surface area (Å²) in [7, 11) is 1.28. The van der Waals surface area contributed by atoms with Gasteiger partial charge in [0, 0.05) is 6.07 Å². The smallest absolute Gasteiger partial charge is 0.325 e. The average molecular weight is 349 g/mol. The molecule has 0 bridgehead atoms. The van der Waals surface area contributed by atoms with Gasteiger partial charge in [0.15, 0.2) is 0 Å². The third-order valence-electron chi connectivity index (χ3n) is 2.33. The van der Waals surface area contributed by atoms with E-state index < -0.39 is 5.97 Å². The predicted octanol–water partition coefficient (Wildman–Crippen LogP) is 1.54. The van der Waals surface area contributed by atoms with Crippen LogP contribution in [0.4, 0.5) is 10.3 Å². The van der Waals surface area contributed by atoms with Crippen molar-refractivity contribution in [3.05, 3.63) is 21.5 Å². The van der Waals surface area contributed by atoms with Crippen LogP contribution in [0.15, 0.2) is 12.1 Å². The largest absolute Gasteiger partial charge is 0.468 e. The molecule has 5 nitrogen and oxygen atoms in total. The molecule has 1 aromatic carbocycles. The molecule has 90 valence electrons. The molecule has 0 saturated carbocycles. The maximum atomic E-state index is 13.5. The average Bonchev–Trinajstić information content (AvgIpc) is 2.56. The quantitative estimate of drug-likeness (QED) is 0.660. The summed E-state index contributed by atoms with van der Waals surface area (Å²) in [6, 6.07) is 2.89. The van der Waals surface area contributed by atoms with Gasteiger partial charge in [0.1, 0.15) is 12.4 Å². The van der Waals surface area contributed by atoms with E-state index in [0.29, 0.717) is 14.6 Å². The molecule has 1 heterocycles. The number of esters is 1. The van der Waals surface area contributed by atoms with Crippen molar-refractivity contribution < 1.29 is 13.9 Å². The molecule has 0 fully saturated rings. The Morgan fingerprint density at radius 1 is 1.65 bits per heavy atom. The van der Waals surface area contributed by atoms with Gasteiger partial charge < -0.3 is 10.5 Å².